The third-order valence-corrected chi connectivity index (χ3v) is 32.0. The predicted octanol–water partition coefficient (Wildman–Crippen LogP) is 36.5. The van der Waals surface area contributed by atoms with E-state index in [0.717, 1.165) is 150 Å². The van der Waals surface area contributed by atoms with Crippen molar-refractivity contribution in [3.05, 3.63) is 236 Å². The molecule has 8 saturated carbocycles. The Morgan fingerprint density at radius 2 is 0.354 bits per heavy atom. The third-order valence-electron chi connectivity index (χ3n) is 32.0. The molecule has 0 nitrogen and oxygen atoms in total. The van der Waals surface area contributed by atoms with Crippen molar-refractivity contribution in [3.8, 4) is 44.5 Å². The molecule has 0 N–H and O–H groups in total. The van der Waals surface area contributed by atoms with Crippen LogP contribution in [-0.2, 0) is 0 Å². The summed E-state index contributed by atoms with van der Waals surface area (Å²) >= 11 is 0. The minimum absolute atomic E-state index is 0.0846. The number of hydrogen-bond donors (Lipinski definition) is 0. The van der Waals surface area contributed by atoms with E-state index in [4.69, 9.17) is 0 Å². The maximum Gasteiger partial charge on any atom is 0.194 e. The van der Waals surface area contributed by atoms with E-state index in [1.165, 1.54) is 215 Å². The molecule has 0 spiro atoms. The fraction of sp³-hybridized carbons (Fsp3) is 0.564. The molecule has 8 aromatic rings. The summed E-state index contributed by atoms with van der Waals surface area (Å²) in [7, 11) is 0. The molecule has 0 heterocycles. The highest BCUT2D eigenvalue weighted by atomic mass is 19.2. The van der Waals surface area contributed by atoms with Crippen LogP contribution in [0.15, 0.2) is 97.1 Å². The van der Waals surface area contributed by atoms with Crippen molar-refractivity contribution in [2.45, 2.75) is 321 Å². The van der Waals surface area contributed by atoms with Gasteiger partial charge in [0.1, 0.15) is 46.5 Å². The third kappa shape index (κ3) is 24.9. The van der Waals surface area contributed by atoms with E-state index < -0.39 is 139 Å². The SMILES string of the molecule is CCC1CCC(C2CCC(c3cc(F)c(-c4cc(F)c(F)c(F)c4)c(F)c3)CC2)CC1.CCCC1CCC(C2CCC(c3cc(F)c(-c4cc(F)c(F)c(F)c4)c(F)c3)CC2)CC1.CCCCC1CCC(C2CCC(c3cc(F)c(-c4cc(F)c(F)c(F)c4)c(F)c3)CC2)CC1.CCCCCC1CCC(C2CCC(c3cc(F)c(-c4cc(F)c(F)c(F)c4)c(F)c3)CC2)CC1. The van der Waals surface area contributed by atoms with E-state index in [0.29, 0.717) is 94.5 Å². The summed E-state index contributed by atoms with van der Waals surface area (Å²) < 4.78 is 280. The first-order valence-corrected chi connectivity index (χ1v) is 49.0. The minimum atomic E-state index is -1.65. The zero-order valence-electron chi connectivity index (χ0n) is 75.7. The van der Waals surface area contributed by atoms with E-state index >= 15 is 0 Å². The summed E-state index contributed by atoms with van der Waals surface area (Å²) in [5.74, 6) is -15.5. The summed E-state index contributed by atoms with van der Waals surface area (Å²) in [6.45, 7) is 9.01. The van der Waals surface area contributed by atoms with Gasteiger partial charge in [0.15, 0.2) is 69.8 Å². The largest absolute Gasteiger partial charge is 0.206 e. The fourth-order valence-corrected chi connectivity index (χ4v) is 24.4. The number of hydrogen-bond acceptors (Lipinski definition) is 0. The average Bonchev–Trinajstić information content (AvgIpc) is 0.795. The molecular weight excluding hydrogens is 1700 g/mol. The lowest BCUT2D eigenvalue weighted by Crippen LogP contribution is -2.25. The Balaban J connectivity index is 0.000000148. The smallest absolute Gasteiger partial charge is 0.194 e. The Hall–Kier alpha value is -7.64. The van der Waals surface area contributed by atoms with E-state index in [1.54, 1.807) is 0 Å². The van der Waals surface area contributed by atoms with Crippen LogP contribution in [0.3, 0.4) is 0 Å². The Labute approximate surface area is 756 Å². The molecule has 708 valence electrons. The van der Waals surface area contributed by atoms with Crippen molar-refractivity contribution >= 4 is 0 Å². The normalized spacial score (nSPS) is 26.1. The van der Waals surface area contributed by atoms with Crippen LogP contribution in [0.4, 0.5) is 87.8 Å². The van der Waals surface area contributed by atoms with E-state index in [9.17, 15) is 87.8 Å². The summed E-state index contributed by atoms with van der Waals surface area (Å²) in [6.07, 6.45) is 50.1. The molecular formula is C110H128F20. The molecule has 8 fully saturated rings. The van der Waals surface area contributed by atoms with Gasteiger partial charge >= 0.3 is 0 Å². The lowest BCUT2D eigenvalue weighted by Gasteiger charge is -2.38. The molecule has 0 bridgehead atoms. The van der Waals surface area contributed by atoms with Crippen LogP contribution < -0.4 is 0 Å². The van der Waals surface area contributed by atoms with Crippen LogP contribution in [0.5, 0.6) is 0 Å². The molecule has 20 heteroatoms. The zero-order chi connectivity index (χ0) is 92.7. The Kier molecular flexibility index (Phi) is 35.7. The van der Waals surface area contributed by atoms with Gasteiger partial charge in [-0.3, -0.25) is 0 Å². The molecule has 130 heavy (non-hydrogen) atoms. The van der Waals surface area contributed by atoms with Crippen molar-refractivity contribution in [1.29, 1.82) is 0 Å². The van der Waals surface area contributed by atoms with Crippen LogP contribution in [0, 0.1) is 187 Å². The Morgan fingerprint density at radius 1 is 0.177 bits per heavy atom. The van der Waals surface area contributed by atoms with Gasteiger partial charge in [0.25, 0.3) is 0 Å². The highest BCUT2D eigenvalue weighted by Gasteiger charge is 2.39. The average molecular weight is 1830 g/mol. The van der Waals surface area contributed by atoms with Gasteiger partial charge in [0.2, 0.25) is 0 Å². The Bertz CT molecular complexity index is 4840. The lowest BCUT2D eigenvalue weighted by atomic mass is 9.68. The van der Waals surface area contributed by atoms with Crippen molar-refractivity contribution in [1.82, 2.24) is 0 Å². The van der Waals surface area contributed by atoms with Crippen molar-refractivity contribution < 1.29 is 87.8 Å². The first kappa shape index (κ1) is 99.8. The molecule has 0 aliphatic heterocycles. The summed E-state index contributed by atoms with van der Waals surface area (Å²) in [5.41, 5.74) is -1.08. The second-order valence-electron chi connectivity index (χ2n) is 39.9. The second-order valence-corrected chi connectivity index (χ2v) is 39.9. The molecule has 8 aliphatic carbocycles. The molecule has 0 unspecified atom stereocenters. The monoisotopic (exact) mass is 1830 g/mol. The van der Waals surface area contributed by atoms with Crippen molar-refractivity contribution in [3.63, 3.8) is 0 Å². The van der Waals surface area contributed by atoms with Gasteiger partial charge in [-0.1, -0.05) is 143 Å². The predicted molar refractivity (Wildman–Crippen MR) is 476 cm³/mol. The molecule has 16 rings (SSSR count). The highest BCUT2D eigenvalue weighted by Crippen LogP contribution is 2.52. The molecule has 8 aromatic carbocycles. The molecule has 0 saturated heterocycles. The van der Waals surface area contributed by atoms with Gasteiger partial charge in [-0.25, -0.2) is 87.8 Å². The van der Waals surface area contributed by atoms with Gasteiger partial charge in [-0.2, -0.15) is 0 Å². The highest BCUT2D eigenvalue weighted by molar-refractivity contribution is 5.69. The van der Waals surface area contributed by atoms with Crippen LogP contribution in [0.1, 0.15) is 343 Å². The standard InChI is InChI=1S/C29H35F5.C28H33F5.C27H31F5.C26H29F5/c1-2-3-4-5-18-6-8-19(9-7-18)20-10-12-21(13-11-20)22-14-24(30)28(25(31)15-22)23-16-26(32)29(34)27(33)17-23;1-2-3-4-17-5-7-18(8-6-17)19-9-11-20(12-10-19)21-13-23(29)27(24(30)14-21)22-15-25(31)28(33)26(32)16-22;1-2-3-16-4-6-17(7-5-16)18-8-10-19(11-9-18)20-12-22(28)26(23(29)13-20)21-14-24(30)27(32)25(31)15-21;1-2-15-3-5-16(6-4-15)17-7-9-18(10-8-17)19-11-21(27)25(22(28)12-19)20-13-23(29)26(31)24(30)14-20/h14-21H,2-13H2,1H3;13-20H,2-12H2,1H3;12-19H,2-11H2,1H3;11-18H,2-10H2,1H3. The molecule has 0 atom stereocenters. The molecule has 0 aromatic heterocycles. The number of benzene rings is 8. The molecule has 8 aliphatic rings. The second kappa shape index (κ2) is 46.5. The van der Waals surface area contributed by atoms with E-state index in [-0.39, 0.29) is 45.9 Å². The van der Waals surface area contributed by atoms with Crippen LogP contribution in [-0.4, -0.2) is 0 Å². The quantitative estimate of drug-likeness (QED) is 0.0360. The van der Waals surface area contributed by atoms with Gasteiger partial charge in [-0.15, -0.1) is 0 Å². The summed E-state index contributed by atoms with van der Waals surface area (Å²) in [5, 5.41) is 0. The van der Waals surface area contributed by atoms with Crippen LogP contribution in [0.25, 0.3) is 44.5 Å². The molecule has 0 amide bonds. The van der Waals surface area contributed by atoms with Crippen LogP contribution >= 0.6 is 0 Å². The van der Waals surface area contributed by atoms with Gasteiger partial charge < -0.3 is 0 Å². The first-order chi connectivity index (χ1) is 62.5. The van der Waals surface area contributed by atoms with E-state index in [2.05, 4.69) is 27.7 Å². The topological polar surface area (TPSA) is 0 Å². The van der Waals surface area contributed by atoms with Crippen molar-refractivity contribution in [2.75, 3.05) is 0 Å². The number of rotatable bonds is 22. The van der Waals surface area contributed by atoms with E-state index in [1.807, 2.05) is 0 Å². The molecule has 0 radical (unpaired) electrons. The van der Waals surface area contributed by atoms with Gasteiger partial charge in [0, 0.05) is 0 Å². The maximum absolute atomic E-state index is 14.9. The van der Waals surface area contributed by atoms with Gasteiger partial charge in [-0.05, 0) is 390 Å². The number of unbranched alkanes of at least 4 members (excludes halogenated alkanes) is 3. The van der Waals surface area contributed by atoms with Crippen molar-refractivity contribution in [2.24, 2.45) is 71.0 Å². The summed E-state index contributed by atoms with van der Waals surface area (Å²) in [6, 6.07) is 15.2. The lowest BCUT2D eigenvalue weighted by molar-refractivity contribution is 0.155. The van der Waals surface area contributed by atoms with Crippen LogP contribution in [0.2, 0.25) is 0 Å². The number of halogens is 20. The fourth-order valence-electron chi connectivity index (χ4n) is 24.4. The zero-order valence-corrected chi connectivity index (χ0v) is 75.7. The van der Waals surface area contributed by atoms with Gasteiger partial charge in [0.05, 0.1) is 22.3 Å². The minimum Gasteiger partial charge on any atom is -0.206 e. The first-order valence-electron chi connectivity index (χ1n) is 49.0. The Morgan fingerprint density at radius 3 is 0.538 bits per heavy atom. The maximum atomic E-state index is 14.9. The summed E-state index contributed by atoms with van der Waals surface area (Å²) in [4.78, 5) is 0.